The fourth-order valence-corrected chi connectivity index (χ4v) is 4.12. The first-order valence-corrected chi connectivity index (χ1v) is 10.8. The van der Waals surface area contributed by atoms with Crippen LogP contribution < -0.4 is 14.5 Å². The molecular weight excluding hydrogens is 378 g/mol. The zero-order chi connectivity index (χ0) is 20.3. The number of hydrogen-bond acceptors (Lipinski definition) is 4. The normalized spacial score (nSPS) is 14.2. The molecular formula is C20H23N3O4S. The summed E-state index contributed by atoms with van der Waals surface area (Å²) in [6.07, 6.45) is 2.48. The molecule has 1 N–H and O–H groups in total. The van der Waals surface area contributed by atoms with E-state index in [2.05, 4.69) is 5.32 Å². The summed E-state index contributed by atoms with van der Waals surface area (Å²) < 4.78 is 25.5. The minimum atomic E-state index is -3.62. The topological polar surface area (TPSA) is 86.8 Å². The van der Waals surface area contributed by atoms with Crippen LogP contribution in [0.15, 0.2) is 48.5 Å². The Labute approximate surface area is 165 Å². The van der Waals surface area contributed by atoms with Gasteiger partial charge in [0.25, 0.3) is 0 Å². The SMILES string of the molecule is Cc1ccccc1N(CC(=O)Nc1ccc(N2CCCC2=O)cc1)S(C)(=O)=O. The van der Waals surface area contributed by atoms with Crippen LogP contribution in [0.1, 0.15) is 18.4 Å². The van der Waals surface area contributed by atoms with Crippen LogP contribution in [0, 0.1) is 6.92 Å². The van der Waals surface area contributed by atoms with Crippen molar-refractivity contribution in [1.82, 2.24) is 0 Å². The van der Waals surface area contributed by atoms with Gasteiger partial charge in [-0.2, -0.15) is 0 Å². The number of hydrogen-bond donors (Lipinski definition) is 1. The minimum absolute atomic E-state index is 0.0961. The molecule has 2 aromatic rings. The molecule has 8 heteroatoms. The third kappa shape index (κ3) is 4.51. The van der Waals surface area contributed by atoms with Crippen molar-refractivity contribution < 1.29 is 18.0 Å². The molecule has 1 saturated heterocycles. The van der Waals surface area contributed by atoms with E-state index >= 15 is 0 Å². The Bertz CT molecular complexity index is 987. The summed E-state index contributed by atoms with van der Waals surface area (Å²) in [5.74, 6) is -0.350. The summed E-state index contributed by atoms with van der Waals surface area (Å²) in [6, 6.07) is 14.0. The molecule has 2 aromatic carbocycles. The second-order valence-electron chi connectivity index (χ2n) is 6.80. The molecule has 1 fully saturated rings. The second kappa shape index (κ2) is 8.02. The minimum Gasteiger partial charge on any atom is -0.325 e. The van der Waals surface area contributed by atoms with Crippen LogP contribution in [0.25, 0.3) is 0 Å². The lowest BCUT2D eigenvalue weighted by Crippen LogP contribution is -2.37. The van der Waals surface area contributed by atoms with Gasteiger partial charge in [-0.3, -0.25) is 13.9 Å². The molecule has 2 amide bonds. The first-order valence-electron chi connectivity index (χ1n) is 8.99. The van der Waals surface area contributed by atoms with Gasteiger partial charge in [-0.15, -0.1) is 0 Å². The third-order valence-electron chi connectivity index (χ3n) is 4.61. The summed E-state index contributed by atoms with van der Waals surface area (Å²) in [4.78, 5) is 26.0. The van der Waals surface area contributed by atoms with Gasteiger partial charge in [0.05, 0.1) is 11.9 Å². The van der Waals surface area contributed by atoms with Gasteiger partial charge in [0.1, 0.15) is 6.54 Å². The highest BCUT2D eigenvalue weighted by atomic mass is 32.2. The maximum atomic E-state index is 12.5. The average Bonchev–Trinajstić information content (AvgIpc) is 3.06. The molecule has 0 aliphatic carbocycles. The van der Waals surface area contributed by atoms with Crippen LogP contribution in [0.3, 0.4) is 0 Å². The van der Waals surface area contributed by atoms with Crippen molar-refractivity contribution in [3.63, 3.8) is 0 Å². The number of anilines is 3. The Balaban J connectivity index is 1.71. The van der Waals surface area contributed by atoms with E-state index in [1.54, 1.807) is 54.3 Å². The molecule has 1 aliphatic rings. The van der Waals surface area contributed by atoms with Crippen LogP contribution in [0.4, 0.5) is 17.1 Å². The van der Waals surface area contributed by atoms with Crippen LogP contribution in [0.2, 0.25) is 0 Å². The van der Waals surface area contributed by atoms with Gasteiger partial charge in [-0.1, -0.05) is 18.2 Å². The second-order valence-corrected chi connectivity index (χ2v) is 8.71. The summed E-state index contributed by atoms with van der Waals surface area (Å²) in [6.45, 7) is 2.17. The number of para-hydroxylation sites is 1. The Morgan fingerprint density at radius 3 is 2.39 bits per heavy atom. The molecule has 0 aromatic heterocycles. The fraction of sp³-hybridized carbons (Fsp3) is 0.300. The lowest BCUT2D eigenvalue weighted by Gasteiger charge is -2.23. The molecule has 1 heterocycles. The van der Waals surface area contributed by atoms with Crippen molar-refractivity contribution in [3.05, 3.63) is 54.1 Å². The third-order valence-corrected chi connectivity index (χ3v) is 5.73. The summed E-state index contributed by atoms with van der Waals surface area (Å²) in [7, 11) is -3.62. The van der Waals surface area contributed by atoms with Gasteiger partial charge in [0.2, 0.25) is 21.8 Å². The Morgan fingerprint density at radius 2 is 1.82 bits per heavy atom. The van der Waals surface area contributed by atoms with Crippen molar-refractivity contribution in [2.45, 2.75) is 19.8 Å². The van der Waals surface area contributed by atoms with Gasteiger partial charge >= 0.3 is 0 Å². The molecule has 7 nitrogen and oxygen atoms in total. The van der Waals surface area contributed by atoms with Gasteiger partial charge in [-0.25, -0.2) is 8.42 Å². The highest BCUT2D eigenvalue weighted by Gasteiger charge is 2.23. The Hall–Kier alpha value is -2.87. The first-order chi connectivity index (χ1) is 13.3. The number of benzene rings is 2. The summed E-state index contributed by atoms with van der Waals surface area (Å²) >= 11 is 0. The molecule has 3 rings (SSSR count). The molecule has 0 bridgehead atoms. The number of amides is 2. The van der Waals surface area contributed by atoms with E-state index in [0.717, 1.165) is 28.2 Å². The van der Waals surface area contributed by atoms with Crippen molar-refractivity contribution in [3.8, 4) is 0 Å². The molecule has 148 valence electrons. The van der Waals surface area contributed by atoms with E-state index in [9.17, 15) is 18.0 Å². The zero-order valence-electron chi connectivity index (χ0n) is 15.9. The number of nitrogens with one attached hydrogen (secondary N) is 1. The maximum Gasteiger partial charge on any atom is 0.245 e. The van der Waals surface area contributed by atoms with Crippen molar-refractivity contribution in [2.75, 3.05) is 33.9 Å². The number of rotatable bonds is 6. The summed E-state index contributed by atoms with van der Waals surface area (Å²) in [5.41, 5.74) is 2.57. The maximum absolute atomic E-state index is 12.5. The van der Waals surface area contributed by atoms with E-state index in [0.29, 0.717) is 24.3 Å². The van der Waals surface area contributed by atoms with Crippen molar-refractivity contribution >= 4 is 38.9 Å². The van der Waals surface area contributed by atoms with Crippen molar-refractivity contribution in [1.29, 1.82) is 0 Å². The standard InChI is InChI=1S/C20H23N3O4S/c1-15-6-3-4-7-18(15)23(28(2,26)27)14-19(24)21-16-9-11-17(12-10-16)22-13-5-8-20(22)25/h3-4,6-7,9-12H,5,8,13-14H2,1-2H3,(H,21,24). The van der Waals surface area contributed by atoms with Crippen LogP contribution in [-0.2, 0) is 19.6 Å². The molecule has 1 aliphatic heterocycles. The Kier molecular flexibility index (Phi) is 5.69. The summed E-state index contributed by atoms with van der Waals surface area (Å²) in [5, 5.41) is 2.71. The van der Waals surface area contributed by atoms with Crippen molar-refractivity contribution in [2.24, 2.45) is 0 Å². The molecule has 0 saturated carbocycles. The van der Waals surface area contributed by atoms with Gasteiger partial charge in [-0.05, 0) is 49.2 Å². The van der Waals surface area contributed by atoms with Crippen LogP contribution >= 0.6 is 0 Å². The number of sulfonamides is 1. The predicted octanol–water partition coefficient (Wildman–Crippen LogP) is 2.53. The quantitative estimate of drug-likeness (QED) is 0.806. The number of nitrogens with zero attached hydrogens (tertiary/aromatic N) is 2. The molecule has 28 heavy (non-hydrogen) atoms. The van der Waals surface area contributed by atoms with Gasteiger partial charge in [0, 0.05) is 24.3 Å². The smallest absolute Gasteiger partial charge is 0.245 e. The van der Waals surface area contributed by atoms with E-state index in [1.807, 2.05) is 6.07 Å². The number of carbonyl (C=O) groups excluding carboxylic acids is 2. The number of aryl methyl sites for hydroxylation is 1. The van der Waals surface area contributed by atoms with E-state index in [4.69, 9.17) is 0 Å². The Morgan fingerprint density at radius 1 is 1.14 bits per heavy atom. The van der Waals surface area contributed by atoms with Crippen LogP contribution in [-0.4, -0.2) is 39.6 Å². The first kappa shape index (κ1) is 19.9. The predicted molar refractivity (Wildman–Crippen MR) is 110 cm³/mol. The molecule has 0 radical (unpaired) electrons. The monoisotopic (exact) mass is 401 g/mol. The average molecular weight is 401 g/mol. The molecule has 0 spiro atoms. The number of carbonyl (C=O) groups is 2. The largest absolute Gasteiger partial charge is 0.325 e. The zero-order valence-corrected chi connectivity index (χ0v) is 16.7. The van der Waals surface area contributed by atoms with E-state index < -0.39 is 15.9 Å². The van der Waals surface area contributed by atoms with E-state index in [1.165, 1.54) is 0 Å². The van der Waals surface area contributed by atoms with E-state index in [-0.39, 0.29) is 12.5 Å². The molecule has 0 atom stereocenters. The highest BCUT2D eigenvalue weighted by Crippen LogP contribution is 2.24. The molecule has 0 unspecified atom stereocenters. The van der Waals surface area contributed by atoms with Gasteiger partial charge in [0.15, 0.2) is 0 Å². The van der Waals surface area contributed by atoms with Crippen LogP contribution in [0.5, 0.6) is 0 Å². The lowest BCUT2D eigenvalue weighted by atomic mass is 10.2. The fourth-order valence-electron chi connectivity index (χ4n) is 3.20. The lowest BCUT2D eigenvalue weighted by molar-refractivity contribution is -0.117. The van der Waals surface area contributed by atoms with Gasteiger partial charge < -0.3 is 10.2 Å². The highest BCUT2D eigenvalue weighted by molar-refractivity contribution is 7.92.